The highest BCUT2D eigenvalue weighted by atomic mass is 16.3. The number of aromatic amines is 1. The van der Waals surface area contributed by atoms with E-state index in [-0.39, 0.29) is 42.7 Å². The minimum Gasteiger partial charge on any atom is -0.396 e. The Bertz CT molecular complexity index is 591. The summed E-state index contributed by atoms with van der Waals surface area (Å²) in [6.07, 6.45) is 1.76. The molecule has 0 fully saturated rings. The fourth-order valence-electron chi connectivity index (χ4n) is 1.79. The number of aliphatic hydroxyl groups excluding tert-OH is 2. The number of nitrogens with two attached hydrogens (primary N) is 1. The molecule has 1 unspecified atom stereocenters. The van der Waals surface area contributed by atoms with Crippen LogP contribution in [0.5, 0.6) is 0 Å². The Hall–Kier alpha value is -1.93. The molecule has 18 heavy (non-hydrogen) atoms. The van der Waals surface area contributed by atoms with Crippen LogP contribution in [0.15, 0.2) is 11.1 Å². The van der Waals surface area contributed by atoms with Crippen molar-refractivity contribution in [2.75, 3.05) is 18.9 Å². The van der Waals surface area contributed by atoms with Crippen LogP contribution in [0.3, 0.4) is 0 Å². The van der Waals surface area contributed by atoms with Gasteiger partial charge in [-0.2, -0.15) is 4.98 Å². The predicted octanol–water partition coefficient (Wildman–Crippen LogP) is -1.31. The molecule has 0 radical (unpaired) electrons. The molecule has 2 aromatic rings. The van der Waals surface area contributed by atoms with Crippen molar-refractivity contribution in [2.45, 2.75) is 13.0 Å². The van der Waals surface area contributed by atoms with E-state index in [1.54, 1.807) is 0 Å². The van der Waals surface area contributed by atoms with Crippen LogP contribution in [0.2, 0.25) is 0 Å². The third kappa shape index (κ3) is 2.20. The molecule has 0 saturated carbocycles. The fraction of sp³-hybridized carbons (Fsp3) is 0.500. The summed E-state index contributed by atoms with van der Waals surface area (Å²) in [7, 11) is 0. The highest BCUT2D eigenvalue weighted by molar-refractivity contribution is 5.69. The maximum Gasteiger partial charge on any atom is 0.283 e. The van der Waals surface area contributed by atoms with Gasteiger partial charge in [0.25, 0.3) is 5.56 Å². The van der Waals surface area contributed by atoms with Crippen molar-refractivity contribution in [3.63, 3.8) is 0 Å². The van der Waals surface area contributed by atoms with Gasteiger partial charge in [-0.25, -0.2) is 4.98 Å². The number of aromatic nitrogens is 4. The number of H-pyrrole nitrogens is 1. The average Bonchev–Trinajstić information content (AvgIpc) is 2.81. The molecule has 0 bridgehead atoms. The van der Waals surface area contributed by atoms with Crippen LogP contribution in [0.25, 0.3) is 11.2 Å². The molecule has 2 aromatic heterocycles. The molecular formula is C10H15N5O3. The van der Waals surface area contributed by atoms with E-state index in [4.69, 9.17) is 15.9 Å². The van der Waals surface area contributed by atoms with E-state index in [9.17, 15) is 4.79 Å². The number of nitrogen functional groups attached to an aromatic ring is 1. The first-order valence-electron chi connectivity index (χ1n) is 5.58. The highest BCUT2D eigenvalue weighted by Crippen LogP contribution is 2.09. The summed E-state index contributed by atoms with van der Waals surface area (Å²) >= 11 is 0. The molecule has 0 saturated heterocycles. The Morgan fingerprint density at radius 3 is 2.94 bits per heavy atom. The second kappa shape index (κ2) is 5.15. The largest absolute Gasteiger partial charge is 0.396 e. The molecule has 0 aliphatic heterocycles. The Morgan fingerprint density at radius 1 is 1.50 bits per heavy atom. The van der Waals surface area contributed by atoms with E-state index in [1.165, 1.54) is 10.9 Å². The maximum absolute atomic E-state index is 12.1. The van der Waals surface area contributed by atoms with Gasteiger partial charge in [-0.1, -0.05) is 0 Å². The lowest BCUT2D eigenvalue weighted by Gasteiger charge is -2.15. The van der Waals surface area contributed by atoms with Crippen molar-refractivity contribution in [3.05, 3.63) is 16.7 Å². The van der Waals surface area contributed by atoms with Crippen LogP contribution >= 0.6 is 0 Å². The quantitative estimate of drug-likeness (QED) is 0.523. The number of imidazole rings is 1. The first-order valence-corrected chi connectivity index (χ1v) is 5.58. The van der Waals surface area contributed by atoms with Gasteiger partial charge in [-0.15, -0.1) is 0 Å². The second-order valence-electron chi connectivity index (χ2n) is 4.05. The molecular weight excluding hydrogens is 238 g/mol. The molecule has 0 amide bonds. The summed E-state index contributed by atoms with van der Waals surface area (Å²) in [6, 6.07) is 0. The third-order valence-corrected chi connectivity index (χ3v) is 2.81. The van der Waals surface area contributed by atoms with Crippen LogP contribution in [-0.2, 0) is 6.54 Å². The summed E-state index contributed by atoms with van der Waals surface area (Å²) in [6.45, 7) is 0.0144. The summed E-state index contributed by atoms with van der Waals surface area (Å²) < 4.78 is 1.26. The van der Waals surface area contributed by atoms with Gasteiger partial charge in [-0.3, -0.25) is 9.36 Å². The van der Waals surface area contributed by atoms with Crippen molar-refractivity contribution in [1.82, 2.24) is 19.5 Å². The van der Waals surface area contributed by atoms with Crippen molar-refractivity contribution in [1.29, 1.82) is 0 Å². The van der Waals surface area contributed by atoms with Crippen LogP contribution in [0, 0.1) is 5.92 Å². The average molecular weight is 253 g/mol. The number of hydrogen-bond acceptors (Lipinski definition) is 6. The normalized spacial score (nSPS) is 13.0. The molecule has 2 heterocycles. The number of fused-ring (bicyclic) bond motifs is 1. The minimum absolute atomic E-state index is 0.0576. The van der Waals surface area contributed by atoms with E-state index in [0.717, 1.165) is 0 Å². The Morgan fingerprint density at radius 2 is 2.28 bits per heavy atom. The van der Waals surface area contributed by atoms with Gasteiger partial charge >= 0.3 is 0 Å². The number of nitrogens with zero attached hydrogens (tertiary/aromatic N) is 3. The third-order valence-electron chi connectivity index (χ3n) is 2.81. The summed E-state index contributed by atoms with van der Waals surface area (Å²) in [5.41, 5.74) is 5.91. The first kappa shape index (κ1) is 12.5. The zero-order valence-corrected chi connectivity index (χ0v) is 9.70. The van der Waals surface area contributed by atoms with Crippen molar-refractivity contribution >= 4 is 17.1 Å². The smallest absolute Gasteiger partial charge is 0.283 e. The Kier molecular flexibility index (Phi) is 3.58. The summed E-state index contributed by atoms with van der Waals surface area (Å²) in [5.74, 6) is -0.179. The Labute approximate surface area is 102 Å². The van der Waals surface area contributed by atoms with Crippen molar-refractivity contribution < 1.29 is 10.2 Å². The molecule has 8 heteroatoms. The fourth-order valence-corrected chi connectivity index (χ4v) is 1.79. The van der Waals surface area contributed by atoms with Crippen molar-refractivity contribution in [2.24, 2.45) is 5.92 Å². The van der Waals surface area contributed by atoms with Crippen molar-refractivity contribution in [3.8, 4) is 0 Å². The van der Waals surface area contributed by atoms with Gasteiger partial charge in [0.2, 0.25) is 5.95 Å². The minimum atomic E-state index is -0.352. The number of hydrogen-bond donors (Lipinski definition) is 4. The second-order valence-corrected chi connectivity index (χ2v) is 4.05. The standard InChI is InChI=1S/C10H15N5O3/c11-10-14-8-7(12-5-13-8)9(18)15(10)3-6(4-17)1-2-16/h5-6,16-17H,1-4H2,(H2,11,14)(H,12,13). The van der Waals surface area contributed by atoms with Gasteiger partial charge in [0.15, 0.2) is 11.2 Å². The van der Waals surface area contributed by atoms with E-state index in [0.29, 0.717) is 12.1 Å². The van der Waals surface area contributed by atoms with Gasteiger partial charge in [-0.05, 0) is 6.42 Å². The van der Waals surface area contributed by atoms with Gasteiger partial charge in [0.05, 0.1) is 6.33 Å². The lowest BCUT2D eigenvalue weighted by atomic mass is 10.1. The predicted molar refractivity (Wildman–Crippen MR) is 64.8 cm³/mol. The summed E-state index contributed by atoms with van der Waals surface area (Å²) in [5, 5.41) is 18.0. The molecule has 0 spiro atoms. The lowest BCUT2D eigenvalue weighted by Crippen LogP contribution is -2.29. The van der Waals surface area contributed by atoms with Crippen LogP contribution in [0.1, 0.15) is 6.42 Å². The molecule has 0 aliphatic rings. The highest BCUT2D eigenvalue weighted by Gasteiger charge is 2.15. The zero-order chi connectivity index (χ0) is 13.1. The molecule has 2 rings (SSSR count). The first-order chi connectivity index (χ1) is 8.67. The number of nitrogens with one attached hydrogen (secondary N) is 1. The number of aliphatic hydroxyl groups is 2. The lowest BCUT2D eigenvalue weighted by molar-refractivity contribution is 0.170. The molecule has 0 aromatic carbocycles. The maximum atomic E-state index is 12.1. The van der Waals surface area contributed by atoms with Gasteiger partial charge < -0.3 is 20.9 Å². The summed E-state index contributed by atoms with van der Waals surface area (Å²) in [4.78, 5) is 22.7. The molecule has 98 valence electrons. The monoisotopic (exact) mass is 253 g/mol. The van der Waals surface area contributed by atoms with E-state index >= 15 is 0 Å². The topological polar surface area (TPSA) is 130 Å². The molecule has 5 N–H and O–H groups in total. The molecule has 1 atom stereocenters. The molecule has 8 nitrogen and oxygen atoms in total. The van der Waals surface area contributed by atoms with Crippen LogP contribution in [0.4, 0.5) is 5.95 Å². The van der Waals surface area contributed by atoms with Crippen LogP contribution < -0.4 is 11.3 Å². The van der Waals surface area contributed by atoms with Crippen LogP contribution in [-0.4, -0.2) is 42.9 Å². The number of anilines is 1. The Balaban J connectivity index is 2.40. The van der Waals surface area contributed by atoms with E-state index < -0.39 is 0 Å². The SMILES string of the molecule is Nc1nc2[nH]cnc2c(=O)n1CC(CO)CCO. The van der Waals surface area contributed by atoms with Gasteiger partial charge in [0.1, 0.15) is 0 Å². The van der Waals surface area contributed by atoms with E-state index in [1.807, 2.05) is 0 Å². The zero-order valence-electron chi connectivity index (χ0n) is 9.70. The molecule has 0 aliphatic carbocycles. The number of rotatable bonds is 5. The van der Waals surface area contributed by atoms with E-state index in [2.05, 4.69) is 15.0 Å². The van der Waals surface area contributed by atoms with Gasteiger partial charge in [0, 0.05) is 25.7 Å².